The zero-order valence-electron chi connectivity index (χ0n) is 7.80. The summed E-state index contributed by atoms with van der Waals surface area (Å²) in [6, 6.07) is 0. The molecule has 84 valence electrons. The monoisotopic (exact) mass is 218 g/mol. The van der Waals surface area contributed by atoms with Crippen molar-refractivity contribution in [3.05, 3.63) is 21.5 Å². The molecule has 1 unspecified atom stereocenters. The summed E-state index contributed by atoms with van der Waals surface area (Å²) in [4.78, 5) is 20.3. The van der Waals surface area contributed by atoms with Crippen LogP contribution in [-0.4, -0.2) is 38.9 Å². The normalized spacial score (nSPS) is 20.7. The largest absolute Gasteiger partial charge is 0.480 e. The molecule has 0 fully saturated rings. The number of rotatable bonds is 4. The molecular weight excluding hydrogens is 208 g/mol. The Morgan fingerprint density at radius 1 is 1.80 bits per heavy atom. The summed E-state index contributed by atoms with van der Waals surface area (Å²) < 4.78 is 0. The lowest BCUT2D eigenvalue weighted by atomic mass is 10.3. The van der Waals surface area contributed by atoms with Crippen molar-refractivity contribution in [3.63, 3.8) is 0 Å². The molecular formula is C6H10N4O5. The number of hydrogen-bond acceptors (Lipinski definition) is 7. The van der Waals surface area contributed by atoms with E-state index in [0.29, 0.717) is 0 Å². The van der Waals surface area contributed by atoms with Gasteiger partial charge in [-0.1, -0.05) is 0 Å². The van der Waals surface area contributed by atoms with Gasteiger partial charge in [0.05, 0.1) is 5.70 Å². The van der Waals surface area contributed by atoms with Gasteiger partial charge in [0.1, 0.15) is 12.2 Å². The number of allylic oxidation sites excluding steroid dienone is 1. The van der Waals surface area contributed by atoms with Gasteiger partial charge < -0.3 is 5.11 Å². The summed E-state index contributed by atoms with van der Waals surface area (Å²) >= 11 is 0. The molecule has 1 atom stereocenters. The number of hydrazine groups is 1. The summed E-state index contributed by atoms with van der Waals surface area (Å²) in [5.41, 5.74) is 4.22. The van der Waals surface area contributed by atoms with Crippen LogP contribution >= 0.6 is 0 Å². The highest BCUT2D eigenvalue weighted by atomic mass is 16.6. The number of nitrogens with one attached hydrogen (secondary N) is 2. The molecule has 0 saturated carbocycles. The van der Waals surface area contributed by atoms with Gasteiger partial charge in [-0.05, 0) is 6.92 Å². The van der Waals surface area contributed by atoms with Crippen molar-refractivity contribution < 1.29 is 20.0 Å². The minimum Gasteiger partial charge on any atom is -0.480 e. The quantitative estimate of drug-likeness (QED) is 0.338. The molecule has 1 aliphatic heterocycles. The summed E-state index contributed by atoms with van der Waals surface area (Å²) in [5, 5.41) is 28.8. The predicted molar refractivity (Wildman–Crippen MR) is 45.9 cm³/mol. The van der Waals surface area contributed by atoms with Crippen LogP contribution in [0.1, 0.15) is 6.92 Å². The van der Waals surface area contributed by atoms with E-state index in [1.54, 1.807) is 5.48 Å². The highest BCUT2D eigenvalue weighted by Gasteiger charge is 2.37. The summed E-state index contributed by atoms with van der Waals surface area (Å²) in [7, 11) is 0. The predicted octanol–water partition coefficient (Wildman–Crippen LogP) is -1.30. The Bertz CT molecular complexity index is 327. The van der Waals surface area contributed by atoms with Gasteiger partial charge in [0.15, 0.2) is 0 Å². The van der Waals surface area contributed by atoms with E-state index in [1.807, 2.05) is 0 Å². The van der Waals surface area contributed by atoms with Gasteiger partial charge >= 0.3 is 12.1 Å². The minimum atomic E-state index is -1.35. The third-order valence-electron chi connectivity index (χ3n) is 1.97. The fourth-order valence-electron chi connectivity index (χ4n) is 1.25. The van der Waals surface area contributed by atoms with Gasteiger partial charge in [-0.15, -0.1) is 0 Å². The number of aliphatic carboxylic acids is 1. The third-order valence-corrected chi connectivity index (χ3v) is 1.97. The first-order chi connectivity index (χ1) is 6.97. The van der Waals surface area contributed by atoms with Crippen LogP contribution in [0.4, 0.5) is 0 Å². The van der Waals surface area contributed by atoms with Gasteiger partial charge in [0.2, 0.25) is 0 Å². The van der Waals surface area contributed by atoms with E-state index >= 15 is 0 Å². The van der Waals surface area contributed by atoms with Gasteiger partial charge in [-0.2, -0.15) is 5.43 Å². The fraction of sp³-hybridized carbons (Fsp3) is 0.500. The smallest absolute Gasteiger partial charge is 0.326 e. The molecule has 0 aromatic carbocycles. The molecule has 0 aromatic heterocycles. The molecule has 0 spiro atoms. The van der Waals surface area contributed by atoms with Gasteiger partial charge in [-0.25, -0.2) is 0 Å². The number of carboxylic acid groups (broad SMARTS) is 1. The molecule has 9 nitrogen and oxygen atoms in total. The lowest BCUT2D eigenvalue weighted by molar-refractivity contribution is -0.522. The molecule has 0 aliphatic carbocycles. The van der Waals surface area contributed by atoms with Crippen molar-refractivity contribution in [1.82, 2.24) is 15.9 Å². The zero-order valence-corrected chi connectivity index (χ0v) is 7.80. The number of carboxylic acids is 1. The van der Waals surface area contributed by atoms with E-state index in [-0.39, 0.29) is 11.4 Å². The Hall–Kier alpha value is -1.87. The third kappa shape index (κ3) is 2.14. The second kappa shape index (κ2) is 4.11. The lowest BCUT2D eigenvalue weighted by Gasteiger charge is -2.16. The average molecular weight is 218 g/mol. The minimum absolute atomic E-state index is 0.0683. The molecule has 4 N–H and O–H groups in total. The molecule has 1 heterocycles. The average Bonchev–Trinajstić information content (AvgIpc) is 2.43. The first kappa shape index (κ1) is 11.2. The van der Waals surface area contributed by atoms with Crippen LogP contribution in [0.2, 0.25) is 0 Å². The van der Waals surface area contributed by atoms with Crippen LogP contribution in [0.25, 0.3) is 0 Å². The molecule has 0 aromatic rings. The number of nitrogens with zero attached hydrogens (tertiary/aromatic N) is 2. The van der Waals surface area contributed by atoms with Crippen LogP contribution in [0.5, 0.6) is 0 Å². The molecule has 0 amide bonds. The number of nitro groups is 1. The Morgan fingerprint density at radius 3 is 2.73 bits per heavy atom. The molecule has 9 heteroatoms. The highest BCUT2D eigenvalue weighted by molar-refractivity contribution is 5.69. The van der Waals surface area contributed by atoms with Crippen molar-refractivity contribution in [1.29, 1.82) is 0 Å². The maximum absolute atomic E-state index is 10.5. The van der Waals surface area contributed by atoms with Crippen molar-refractivity contribution in [2.45, 2.75) is 13.1 Å². The number of carbonyl (C=O) groups is 1. The Labute approximate surface area is 84.1 Å². The second-order valence-corrected chi connectivity index (χ2v) is 2.91. The Kier molecular flexibility index (Phi) is 3.07. The van der Waals surface area contributed by atoms with E-state index in [1.165, 1.54) is 6.92 Å². The lowest BCUT2D eigenvalue weighted by Crippen LogP contribution is -2.44. The molecule has 0 saturated heterocycles. The van der Waals surface area contributed by atoms with Gasteiger partial charge in [0, 0.05) is 4.92 Å². The SMILES string of the molecule is CC1=C(NO)C([N+](=O)[O-])NN1CC(=O)O. The molecule has 1 aliphatic rings. The number of hydrogen-bond donors (Lipinski definition) is 4. The standard InChI is InChI=1S/C6H10N4O5/c1-3-5(8-13)6(10(14)15)7-9(3)2-4(11)12/h6-8,13H,2H2,1H3,(H,11,12). The summed E-state index contributed by atoms with van der Waals surface area (Å²) in [5.74, 6) is -1.14. The fourth-order valence-corrected chi connectivity index (χ4v) is 1.25. The van der Waals surface area contributed by atoms with Crippen LogP contribution in [0, 0.1) is 10.1 Å². The Morgan fingerprint density at radius 2 is 2.40 bits per heavy atom. The van der Waals surface area contributed by atoms with Crippen molar-refractivity contribution in [2.24, 2.45) is 0 Å². The van der Waals surface area contributed by atoms with Crippen LogP contribution in [0.3, 0.4) is 0 Å². The van der Waals surface area contributed by atoms with E-state index in [2.05, 4.69) is 5.43 Å². The van der Waals surface area contributed by atoms with E-state index < -0.39 is 23.6 Å². The van der Waals surface area contributed by atoms with Crippen LogP contribution in [0.15, 0.2) is 11.4 Å². The molecule has 1 rings (SSSR count). The maximum Gasteiger partial charge on any atom is 0.326 e. The Balaban J connectivity index is 2.87. The van der Waals surface area contributed by atoms with Gasteiger partial charge in [-0.3, -0.25) is 30.6 Å². The van der Waals surface area contributed by atoms with Crippen LogP contribution < -0.4 is 10.9 Å². The summed E-state index contributed by atoms with van der Waals surface area (Å²) in [6.07, 6.45) is -1.35. The van der Waals surface area contributed by atoms with E-state index in [4.69, 9.17) is 10.3 Å². The topological polar surface area (TPSA) is 128 Å². The van der Waals surface area contributed by atoms with Crippen molar-refractivity contribution in [3.8, 4) is 0 Å². The van der Waals surface area contributed by atoms with E-state index in [0.717, 1.165) is 5.01 Å². The first-order valence-electron chi connectivity index (χ1n) is 3.97. The molecule has 0 bridgehead atoms. The van der Waals surface area contributed by atoms with Crippen molar-refractivity contribution in [2.75, 3.05) is 6.54 Å². The second-order valence-electron chi connectivity index (χ2n) is 2.91. The maximum atomic E-state index is 10.5. The van der Waals surface area contributed by atoms with E-state index in [9.17, 15) is 14.9 Å². The highest BCUT2D eigenvalue weighted by Crippen LogP contribution is 2.17. The first-order valence-corrected chi connectivity index (χ1v) is 3.97. The van der Waals surface area contributed by atoms with Gasteiger partial charge in [0.25, 0.3) is 0 Å². The van der Waals surface area contributed by atoms with Crippen LogP contribution in [-0.2, 0) is 4.79 Å². The summed E-state index contributed by atoms with van der Waals surface area (Å²) in [6.45, 7) is 1.03. The molecule has 15 heavy (non-hydrogen) atoms. The zero-order chi connectivity index (χ0) is 11.6. The molecule has 0 radical (unpaired) electrons. The van der Waals surface area contributed by atoms with Crippen molar-refractivity contribution >= 4 is 5.97 Å². The number of hydroxylamine groups is 1.